The van der Waals surface area contributed by atoms with Gasteiger partial charge < -0.3 is 10.1 Å². The highest BCUT2D eigenvalue weighted by Crippen LogP contribution is 2.40. The summed E-state index contributed by atoms with van der Waals surface area (Å²) in [6.07, 6.45) is 0.992. The maximum absolute atomic E-state index is 13.0. The summed E-state index contributed by atoms with van der Waals surface area (Å²) in [7, 11) is 0. The van der Waals surface area contributed by atoms with Crippen molar-refractivity contribution in [3.8, 4) is 0 Å². The van der Waals surface area contributed by atoms with Gasteiger partial charge in [0.25, 0.3) is 0 Å². The zero-order chi connectivity index (χ0) is 9.60. The molecule has 3 heteroatoms. The Morgan fingerprint density at radius 2 is 2.36 bits per heavy atom. The normalized spacial score (nSPS) is 29.8. The van der Waals surface area contributed by atoms with Crippen molar-refractivity contribution >= 4 is 0 Å². The van der Waals surface area contributed by atoms with Crippen LogP contribution < -0.4 is 5.32 Å². The number of nitrogens with one attached hydrogen (secondary N) is 1. The van der Waals surface area contributed by atoms with Crippen molar-refractivity contribution in [2.45, 2.75) is 18.6 Å². The van der Waals surface area contributed by atoms with Gasteiger partial charge in [0, 0.05) is 6.54 Å². The van der Waals surface area contributed by atoms with E-state index in [0.29, 0.717) is 6.61 Å². The van der Waals surface area contributed by atoms with Crippen molar-refractivity contribution in [1.29, 1.82) is 0 Å². The van der Waals surface area contributed by atoms with Gasteiger partial charge in [-0.25, -0.2) is 4.39 Å². The standard InChI is InChI=1S/C11H12FNO/c12-9-1-2-10-8(5-9)6-14-11(10)3-4-13-7-11/h1-2,5,13H,3-4,6-7H2. The number of halogens is 1. The van der Waals surface area contributed by atoms with Crippen LogP contribution in [0.1, 0.15) is 17.5 Å². The Kier molecular flexibility index (Phi) is 1.66. The van der Waals surface area contributed by atoms with Crippen LogP contribution in [0.5, 0.6) is 0 Å². The molecule has 1 fully saturated rings. The first kappa shape index (κ1) is 8.38. The molecule has 1 unspecified atom stereocenters. The van der Waals surface area contributed by atoms with Crippen LogP contribution in [0.15, 0.2) is 18.2 Å². The lowest BCUT2D eigenvalue weighted by Gasteiger charge is -2.22. The number of ether oxygens (including phenoxy) is 1. The molecular weight excluding hydrogens is 181 g/mol. The number of hydrogen-bond acceptors (Lipinski definition) is 2. The van der Waals surface area contributed by atoms with Crippen LogP contribution in [0.2, 0.25) is 0 Å². The van der Waals surface area contributed by atoms with Crippen LogP contribution in [-0.2, 0) is 16.9 Å². The third kappa shape index (κ3) is 1.03. The second-order valence-corrected chi connectivity index (χ2v) is 4.01. The zero-order valence-corrected chi connectivity index (χ0v) is 7.85. The van der Waals surface area contributed by atoms with E-state index in [4.69, 9.17) is 4.74 Å². The predicted molar refractivity (Wildman–Crippen MR) is 50.4 cm³/mol. The van der Waals surface area contributed by atoms with Gasteiger partial charge in [-0.3, -0.25) is 0 Å². The van der Waals surface area contributed by atoms with Crippen LogP contribution in [0, 0.1) is 5.82 Å². The minimum Gasteiger partial charge on any atom is -0.364 e. The summed E-state index contributed by atoms with van der Waals surface area (Å²) in [6, 6.07) is 4.97. The van der Waals surface area contributed by atoms with E-state index in [1.165, 1.54) is 11.6 Å². The van der Waals surface area contributed by atoms with Crippen LogP contribution in [0.25, 0.3) is 0 Å². The summed E-state index contributed by atoms with van der Waals surface area (Å²) in [5, 5.41) is 3.29. The molecule has 0 amide bonds. The Bertz CT molecular complexity index is 372. The Balaban J connectivity index is 2.09. The maximum Gasteiger partial charge on any atom is 0.123 e. The van der Waals surface area contributed by atoms with Crippen LogP contribution >= 0.6 is 0 Å². The molecule has 1 aromatic carbocycles. The number of hydrogen-bond donors (Lipinski definition) is 1. The van der Waals surface area contributed by atoms with Crippen molar-refractivity contribution in [3.05, 3.63) is 35.1 Å². The fourth-order valence-electron chi connectivity index (χ4n) is 2.44. The maximum atomic E-state index is 13.0. The third-order valence-corrected chi connectivity index (χ3v) is 3.18. The second kappa shape index (κ2) is 2.78. The Labute approximate surface area is 82.1 Å². The van der Waals surface area contributed by atoms with Gasteiger partial charge >= 0.3 is 0 Å². The molecule has 1 atom stereocenters. The summed E-state index contributed by atoms with van der Waals surface area (Å²) in [5.74, 6) is -0.171. The molecule has 0 aromatic heterocycles. The van der Waals surface area contributed by atoms with Crippen molar-refractivity contribution in [2.24, 2.45) is 0 Å². The molecule has 74 valence electrons. The molecule has 1 aromatic rings. The number of fused-ring (bicyclic) bond motifs is 2. The van der Waals surface area contributed by atoms with E-state index in [1.54, 1.807) is 6.07 Å². The van der Waals surface area contributed by atoms with Crippen molar-refractivity contribution in [3.63, 3.8) is 0 Å². The SMILES string of the molecule is Fc1ccc2c(c1)COC21CCNC1. The zero-order valence-electron chi connectivity index (χ0n) is 7.85. The lowest BCUT2D eigenvalue weighted by Crippen LogP contribution is -2.27. The van der Waals surface area contributed by atoms with E-state index in [1.807, 2.05) is 6.07 Å². The van der Waals surface area contributed by atoms with Crippen LogP contribution in [0.4, 0.5) is 4.39 Å². The smallest absolute Gasteiger partial charge is 0.123 e. The average molecular weight is 193 g/mol. The van der Waals surface area contributed by atoms with Gasteiger partial charge in [-0.05, 0) is 36.2 Å². The molecule has 2 aliphatic heterocycles. The molecule has 1 saturated heterocycles. The van der Waals surface area contributed by atoms with Gasteiger partial charge in [-0.1, -0.05) is 6.07 Å². The first-order valence-electron chi connectivity index (χ1n) is 4.94. The Morgan fingerprint density at radius 3 is 3.14 bits per heavy atom. The molecule has 0 saturated carbocycles. The quantitative estimate of drug-likeness (QED) is 0.675. The Hall–Kier alpha value is -0.930. The van der Waals surface area contributed by atoms with Gasteiger partial charge in [0.1, 0.15) is 11.4 Å². The fraction of sp³-hybridized carbons (Fsp3) is 0.455. The highest BCUT2D eigenvalue weighted by molar-refractivity contribution is 5.37. The third-order valence-electron chi connectivity index (χ3n) is 3.18. The predicted octanol–water partition coefficient (Wildman–Crippen LogP) is 1.54. The van der Waals surface area contributed by atoms with E-state index in [9.17, 15) is 4.39 Å². The van der Waals surface area contributed by atoms with E-state index >= 15 is 0 Å². The summed E-state index contributed by atoms with van der Waals surface area (Å²) < 4.78 is 18.8. The van der Waals surface area contributed by atoms with Crippen LogP contribution in [-0.4, -0.2) is 13.1 Å². The largest absolute Gasteiger partial charge is 0.364 e. The van der Waals surface area contributed by atoms with Crippen molar-refractivity contribution in [2.75, 3.05) is 13.1 Å². The van der Waals surface area contributed by atoms with Gasteiger partial charge in [-0.15, -0.1) is 0 Å². The molecular formula is C11H12FNO. The molecule has 0 bridgehead atoms. The van der Waals surface area contributed by atoms with Gasteiger partial charge in [0.15, 0.2) is 0 Å². The summed E-state index contributed by atoms with van der Waals surface area (Å²) in [6.45, 7) is 2.39. The summed E-state index contributed by atoms with van der Waals surface area (Å²) in [5.41, 5.74) is 2.01. The first-order chi connectivity index (χ1) is 6.80. The molecule has 3 rings (SSSR count). The topological polar surface area (TPSA) is 21.3 Å². The molecule has 14 heavy (non-hydrogen) atoms. The minimum absolute atomic E-state index is 0.164. The summed E-state index contributed by atoms with van der Waals surface area (Å²) >= 11 is 0. The van der Waals surface area contributed by atoms with Gasteiger partial charge in [-0.2, -0.15) is 0 Å². The minimum atomic E-state index is -0.171. The Morgan fingerprint density at radius 1 is 1.43 bits per heavy atom. The highest BCUT2D eigenvalue weighted by atomic mass is 19.1. The van der Waals surface area contributed by atoms with Crippen molar-refractivity contribution < 1.29 is 9.13 Å². The molecule has 1 spiro atoms. The number of benzene rings is 1. The fourth-order valence-corrected chi connectivity index (χ4v) is 2.44. The molecule has 2 nitrogen and oxygen atoms in total. The van der Waals surface area contributed by atoms with Gasteiger partial charge in [0.2, 0.25) is 0 Å². The van der Waals surface area contributed by atoms with Gasteiger partial charge in [0.05, 0.1) is 6.61 Å². The second-order valence-electron chi connectivity index (χ2n) is 4.01. The lowest BCUT2D eigenvalue weighted by molar-refractivity contribution is -0.0218. The number of rotatable bonds is 0. The highest BCUT2D eigenvalue weighted by Gasteiger charge is 2.42. The van der Waals surface area contributed by atoms with E-state index < -0.39 is 0 Å². The van der Waals surface area contributed by atoms with Crippen molar-refractivity contribution in [1.82, 2.24) is 5.32 Å². The van der Waals surface area contributed by atoms with E-state index in [2.05, 4.69) is 5.32 Å². The van der Waals surface area contributed by atoms with Crippen LogP contribution in [0.3, 0.4) is 0 Å². The summed E-state index contributed by atoms with van der Waals surface area (Å²) in [4.78, 5) is 0. The first-order valence-corrected chi connectivity index (χ1v) is 4.94. The lowest BCUT2D eigenvalue weighted by atomic mass is 9.92. The molecule has 2 heterocycles. The molecule has 0 aliphatic carbocycles. The monoisotopic (exact) mass is 193 g/mol. The van der Waals surface area contributed by atoms with E-state index in [0.717, 1.165) is 25.1 Å². The molecule has 0 radical (unpaired) electrons. The molecule has 2 aliphatic rings. The van der Waals surface area contributed by atoms with E-state index in [-0.39, 0.29) is 11.4 Å². The average Bonchev–Trinajstić information content (AvgIpc) is 2.77. The molecule has 1 N–H and O–H groups in total.